The molecule has 1 heterocycles. The van der Waals surface area contributed by atoms with Crippen LogP contribution in [-0.2, 0) is 10.0 Å². The Morgan fingerprint density at radius 1 is 1.32 bits per heavy atom. The summed E-state index contributed by atoms with van der Waals surface area (Å²) in [5.74, 6) is 0.681. The Balaban J connectivity index is 2.49. The van der Waals surface area contributed by atoms with Gasteiger partial charge < -0.3 is 5.73 Å². The van der Waals surface area contributed by atoms with Gasteiger partial charge in [0.25, 0.3) is 0 Å². The average Bonchev–Trinajstić information content (AvgIpc) is 2.67. The lowest BCUT2D eigenvalue weighted by Gasteiger charge is -2.09. The van der Waals surface area contributed by atoms with Gasteiger partial charge in [0.15, 0.2) is 4.34 Å². The summed E-state index contributed by atoms with van der Waals surface area (Å²) < 4.78 is 27.8. The van der Waals surface area contributed by atoms with Crippen molar-refractivity contribution in [3.8, 4) is 0 Å². The van der Waals surface area contributed by atoms with Crippen LogP contribution in [0.25, 0.3) is 0 Å². The van der Waals surface area contributed by atoms with Gasteiger partial charge in [0.05, 0.1) is 4.90 Å². The minimum atomic E-state index is -3.79. The first-order valence-electron chi connectivity index (χ1n) is 5.18. The number of aryl methyl sites for hydroxylation is 1. The van der Waals surface area contributed by atoms with Crippen LogP contribution in [0.5, 0.6) is 0 Å². The van der Waals surface area contributed by atoms with E-state index in [0.717, 1.165) is 4.34 Å². The molecule has 2 rings (SSSR count). The molecule has 0 spiro atoms. The monoisotopic (exact) mass is 316 g/mol. The zero-order valence-electron chi connectivity index (χ0n) is 10.2. The highest BCUT2D eigenvalue weighted by atomic mass is 32.2. The molecule has 9 heteroatoms. The summed E-state index contributed by atoms with van der Waals surface area (Å²) in [5, 5.41) is 5.17. The first-order chi connectivity index (χ1) is 8.77. The molecule has 0 aliphatic heterocycles. The molecule has 2 aromatic rings. The van der Waals surface area contributed by atoms with E-state index in [-0.39, 0.29) is 4.90 Å². The number of benzene rings is 1. The Bertz CT molecular complexity index is 724. The van der Waals surface area contributed by atoms with Crippen LogP contribution in [-0.4, -0.2) is 17.8 Å². The number of primary sulfonamides is 1. The van der Waals surface area contributed by atoms with Crippen molar-refractivity contribution in [2.24, 2.45) is 5.14 Å². The van der Waals surface area contributed by atoms with Crippen molar-refractivity contribution >= 4 is 39.0 Å². The lowest BCUT2D eigenvalue weighted by Crippen LogP contribution is -2.14. The van der Waals surface area contributed by atoms with E-state index in [1.165, 1.54) is 29.4 Å². The first-order valence-corrected chi connectivity index (χ1v) is 8.32. The number of nitrogens with zero attached hydrogens (tertiary/aromatic N) is 2. The molecule has 0 unspecified atom stereocenters. The van der Waals surface area contributed by atoms with Crippen molar-refractivity contribution in [3.63, 3.8) is 0 Å². The molecule has 6 nitrogen and oxygen atoms in total. The highest BCUT2D eigenvalue weighted by Gasteiger charge is 2.17. The summed E-state index contributed by atoms with van der Waals surface area (Å²) >= 11 is 2.58. The summed E-state index contributed by atoms with van der Waals surface area (Å²) in [6.07, 6.45) is 0. The van der Waals surface area contributed by atoms with E-state index in [4.69, 9.17) is 10.9 Å². The van der Waals surface area contributed by atoms with Crippen LogP contribution < -0.4 is 10.9 Å². The molecule has 1 aromatic heterocycles. The van der Waals surface area contributed by atoms with Gasteiger partial charge in [-0.3, -0.25) is 0 Å². The summed E-state index contributed by atoms with van der Waals surface area (Å²) in [6.45, 7) is 3.48. The zero-order chi connectivity index (χ0) is 14.2. The van der Waals surface area contributed by atoms with Gasteiger partial charge in [-0.05, 0) is 43.1 Å². The smallest absolute Gasteiger partial charge is 0.238 e. The molecular weight excluding hydrogens is 304 g/mol. The fraction of sp³-hybridized carbons (Fsp3) is 0.200. The first kappa shape index (κ1) is 14.3. The Morgan fingerprint density at radius 2 is 2.00 bits per heavy atom. The Hall–Kier alpha value is -1.16. The van der Waals surface area contributed by atoms with Gasteiger partial charge in [-0.1, -0.05) is 11.8 Å². The third kappa shape index (κ3) is 3.24. The van der Waals surface area contributed by atoms with Crippen LogP contribution in [0, 0.1) is 13.8 Å². The van der Waals surface area contributed by atoms with E-state index in [2.05, 4.69) is 9.36 Å². The molecular formula is C10H12N4O2S3. The molecule has 19 heavy (non-hydrogen) atoms. The molecule has 0 atom stereocenters. The van der Waals surface area contributed by atoms with Crippen LogP contribution in [0.3, 0.4) is 0 Å². The molecule has 0 aliphatic rings. The molecule has 102 valence electrons. The minimum absolute atomic E-state index is 0.0382. The summed E-state index contributed by atoms with van der Waals surface area (Å²) in [4.78, 5) is 4.96. The van der Waals surface area contributed by atoms with Gasteiger partial charge in [-0.15, -0.1) is 0 Å². The Morgan fingerprint density at radius 3 is 2.53 bits per heavy atom. The predicted octanol–water partition coefficient (Wildman–Crippen LogP) is 1.54. The van der Waals surface area contributed by atoms with Crippen molar-refractivity contribution in [3.05, 3.63) is 23.5 Å². The molecule has 0 radical (unpaired) electrons. The van der Waals surface area contributed by atoms with Crippen LogP contribution in [0.15, 0.2) is 26.3 Å². The van der Waals surface area contributed by atoms with Crippen molar-refractivity contribution in [2.75, 3.05) is 5.73 Å². The second-order valence-corrected chi connectivity index (χ2v) is 7.47. The van der Waals surface area contributed by atoms with Gasteiger partial charge in [-0.25, -0.2) is 18.5 Å². The summed E-state index contributed by atoms with van der Waals surface area (Å²) in [6, 6.07) is 3.06. The van der Waals surface area contributed by atoms with Crippen LogP contribution in [0.1, 0.15) is 11.4 Å². The maximum atomic E-state index is 11.5. The number of aromatic nitrogens is 2. The molecule has 1 aromatic carbocycles. The second-order valence-electron chi connectivity index (χ2n) is 3.90. The van der Waals surface area contributed by atoms with E-state index >= 15 is 0 Å². The molecule has 0 fully saturated rings. The predicted molar refractivity (Wildman–Crippen MR) is 75.7 cm³/mol. The van der Waals surface area contributed by atoms with Gasteiger partial charge in [0.1, 0.15) is 5.82 Å². The fourth-order valence-electron chi connectivity index (χ4n) is 1.50. The van der Waals surface area contributed by atoms with E-state index < -0.39 is 10.0 Å². The topological polar surface area (TPSA) is 112 Å². The van der Waals surface area contributed by atoms with Gasteiger partial charge >= 0.3 is 0 Å². The number of hydrogen-bond acceptors (Lipinski definition) is 7. The summed E-state index contributed by atoms with van der Waals surface area (Å²) in [5.41, 5.74) is 6.63. The van der Waals surface area contributed by atoms with Gasteiger partial charge in [0.2, 0.25) is 10.0 Å². The third-order valence-electron chi connectivity index (χ3n) is 2.35. The lowest BCUT2D eigenvalue weighted by atomic mass is 10.2. The quantitative estimate of drug-likeness (QED) is 0.831. The normalized spacial score (nSPS) is 11.7. The van der Waals surface area contributed by atoms with Crippen molar-refractivity contribution in [1.29, 1.82) is 0 Å². The number of rotatable bonds is 3. The highest BCUT2D eigenvalue weighted by molar-refractivity contribution is 8.01. The number of sulfonamides is 1. The number of anilines is 1. The average molecular weight is 316 g/mol. The van der Waals surface area contributed by atoms with Gasteiger partial charge in [0, 0.05) is 10.6 Å². The molecule has 0 aliphatic carbocycles. The number of hydrogen-bond donors (Lipinski definition) is 2. The SMILES string of the molecule is Cc1nsc(Sc2cc(N)cc(S(N)(=O)=O)c2C)n1. The maximum Gasteiger partial charge on any atom is 0.238 e. The minimum Gasteiger partial charge on any atom is -0.399 e. The van der Waals surface area contributed by atoms with E-state index in [1.807, 2.05) is 0 Å². The third-order valence-corrected chi connectivity index (χ3v) is 5.37. The second kappa shape index (κ2) is 5.08. The van der Waals surface area contributed by atoms with Crippen LogP contribution in [0.4, 0.5) is 5.69 Å². The largest absolute Gasteiger partial charge is 0.399 e. The number of nitrogen functional groups attached to an aromatic ring is 1. The summed E-state index contributed by atoms with van der Waals surface area (Å²) in [7, 11) is -3.79. The lowest BCUT2D eigenvalue weighted by molar-refractivity contribution is 0.597. The van der Waals surface area contributed by atoms with Crippen LogP contribution in [0.2, 0.25) is 0 Å². The van der Waals surface area contributed by atoms with Crippen molar-refractivity contribution < 1.29 is 8.42 Å². The Labute approximate surface area is 119 Å². The zero-order valence-corrected chi connectivity index (χ0v) is 12.7. The molecule has 4 N–H and O–H groups in total. The molecule has 0 saturated heterocycles. The molecule has 0 saturated carbocycles. The van der Waals surface area contributed by atoms with Crippen molar-refractivity contribution in [1.82, 2.24) is 9.36 Å². The van der Waals surface area contributed by atoms with E-state index in [9.17, 15) is 8.42 Å². The van der Waals surface area contributed by atoms with Gasteiger partial charge in [-0.2, -0.15) is 4.37 Å². The van der Waals surface area contributed by atoms with Crippen LogP contribution >= 0.6 is 23.3 Å². The standard InChI is InChI=1S/C10H12N4O2S3/c1-5-8(17-10-13-6(2)14-18-10)3-7(11)4-9(5)19(12,15)16/h3-4H,11H2,1-2H3,(H2,12,15,16). The van der Waals surface area contributed by atoms with Crippen molar-refractivity contribution in [2.45, 2.75) is 28.0 Å². The molecule has 0 bridgehead atoms. The maximum absolute atomic E-state index is 11.5. The Kier molecular flexibility index (Phi) is 3.81. The highest BCUT2D eigenvalue weighted by Crippen LogP contribution is 2.35. The molecule has 0 amide bonds. The van der Waals surface area contributed by atoms with E-state index in [1.54, 1.807) is 19.9 Å². The number of nitrogens with two attached hydrogens (primary N) is 2. The van der Waals surface area contributed by atoms with E-state index in [0.29, 0.717) is 22.0 Å². The fourth-order valence-corrected chi connectivity index (χ4v) is 4.18.